The van der Waals surface area contributed by atoms with Crippen molar-refractivity contribution in [2.24, 2.45) is 5.92 Å². The van der Waals surface area contributed by atoms with Gasteiger partial charge in [0.1, 0.15) is 0 Å². The minimum absolute atomic E-state index is 0.0423. The molecular weight excluding hydrogens is 226 g/mol. The SMILES string of the molecule is CCOC(=O)CCCCCN(CC)CC1CCC1. The molecule has 3 nitrogen and oxygen atoms in total. The monoisotopic (exact) mass is 255 g/mol. The van der Waals surface area contributed by atoms with Gasteiger partial charge in [-0.15, -0.1) is 0 Å². The summed E-state index contributed by atoms with van der Waals surface area (Å²) in [5, 5.41) is 0. The predicted molar refractivity (Wildman–Crippen MR) is 74.6 cm³/mol. The average Bonchev–Trinajstić information content (AvgIpc) is 2.30. The van der Waals surface area contributed by atoms with E-state index in [1.165, 1.54) is 38.8 Å². The van der Waals surface area contributed by atoms with Crippen molar-refractivity contribution < 1.29 is 9.53 Å². The first-order chi connectivity index (χ1) is 8.76. The molecule has 1 aliphatic carbocycles. The van der Waals surface area contributed by atoms with E-state index in [1.54, 1.807) is 0 Å². The fourth-order valence-electron chi connectivity index (χ4n) is 2.43. The standard InChI is InChI=1S/C15H29NO2/c1-3-16(13-14-9-8-10-14)12-7-5-6-11-15(17)18-4-2/h14H,3-13H2,1-2H3. The van der Waals surface area contributed by atoms with Gasteiger partial charge in [-0.25, -0.2) is 0 Å². The summed E-state index contributed by atoms with van der Waals surface area (Å²) in [5.41, 5.74) is 0. The molecule has 0 aromatic carbocycles. The second-order valence-corrected chi connectivity index (χ2v) is 5.31. The predicted octanol–water partition coefficient (Wildman–Crippen LogP) is 3.23. The molecule has 0 aromatic heterocycles. The number of nitrogens with zero attached hydrogens (tertiary/aromatic N) is 1. The third-order valence-electron chi connectivity index (χ3n) is 3.85. The third-order valence-corrected chi connectivity index (χ3v) is 3.85. The molecular formula is C15H29NO2. The molecule has 3 heteroatoms. The first kappa shape index (κ1) is 15.5. The lowest BCUT2D eigenvalue weighted by Crippen LogP contribution is -2.33. The molecule has 0 aliphatic heterocycles. The molecule has 0 bridgehead atoms. The van der Waals surface area contributed by atoms with Crippen molar-refractivity contribution in [2.45, 2.75) is 58.8 Å². The Labute approximate surface area is 112 Å². The van der Waals surface area contributed by atoms with E-state index >= 15 is 0 Å². The van der Waals surface area contributed by atoms with Crippen LogP contribution in [-0.4, -0.2) is 37.1 Å². The largest absolute Gasteiger partial charge is 0.466 e. The third kappa shape index (κ3) is 6.39. The lowest BCUT2D eigenvalue weighted by Gasteiger charge is -2.31. The van der Waals surface area contributed by atoms with E-state index < -0.39 is 0 Å². The van der Waals surface area contributed by atoms with Crippen molar-refractivity contribution >= 4 is 5.97 Å². The van der Waals surface area contributed by atoms with Crippen molar-refractivity contribution in [1.29, 1.82) is 0 Å². The second-order valence-electron chi connectivity index (χ2n) is 5.31. The number of hydrogen-bond acceptors (Lipinski definition) is 3. The molecule has 1 fully saturated rings. The summed E-state index contributed by atoms with van der Waals surface area (Å²) in [5.74, 6) is 0.920. The minimum Gasteiger partial charge on any atom is -0.466 e. The number of carbonyl (C=O) groups is 1. The molecule has 106 valence electrons. The number of carbonyl (C=O) groups excluding carboxylic acids is 1. The summed E-state index contributed by atoms with van der Waals surface area (Å²) < 4.78 is 4.92. The molecule has 1 aliphatic rings. The quantitative estimate of drug-likeness (QED) is 0.443. The van der Waals surface area contributed by atoms with E-state index in [-0.39, 0.29) is 5.97 Å². The molecule has 0 radical (unpaired) electrons. The van der Waals surface area contributed by atoms with E-state index in [0.717, 1.165) is 25.3 Å². The Morgan fingerprint density at radius 2 is 2.00 bits per heavy atom. The maximum Gasteiger partial charge on any atom is 0.305 e. The Morgan fingerprint density at radius 3 is 2.56 bits per heavy atom. The maximum absolute atomic E-state index is 11.2. The van der Waals surface area contributed by atoms with Crippen LogP contribution in [0.4, 0.5) is 0 Å². The Morgan fingerprint density at radius 1 is 1.22 bits per heavy atom. The number of esters is 1. The number of hydrogen-bond donors (Lipinski definition) is 0. The Bertz CT molecular complexity index is 227. The molecule has 0 aromatic rings. The van der Waals surface area contributed by atoms with Crippen LogP contribution in [0.5, 0.6) is 0 Å². The summed E-state index contributed by atoms with van der Waals surface area (Å²) in [6.45, 7) is 8.25. The highest BCUT2D eigenvalue weighted by Crippen LogP contribution is 2.27. The van der Waals surface area contributed by atoms with Gasteiger partial charge in [-0.3, -0.25) is 4.79 Å². The first-order valence-corrected chi connectivity index (χ1v) is 7.64. The van der Waals surface area contributed by atoms with Crippen LogP contribution in [0.25, 0.3) is 0 Å². The van der Waals surface area contributed by atoms with Crippen LogP contribution >= 0.6 is 0 Å². The summed E-state index contributed by atoms with van der Waals surface area (Å²) in [7, 11) is 0. The summed E-state index contributed by atoms with van der Waals surface area (Å²) in [4.78, 5) is 13.7. The smallest absolute Gasteiger partial charge is 0.305 e. The molecule has 0 atom stereocenters. The number of unbranched alkanes of at least 4 members (excludes halogenated alkanes) is 2. The van der Waals surface area contributed by atoms with Crippen LogP contribution in [0.3, 0.4) is 0 Å². The van der Waals surface area contributed by atoms with Crippen LogP contribution in [0, 0.1) is 5.92 Å². The van der Waals surface area contributed by atoms with E-state index in [0.29, 0.717) is 13.0 Å². The lowest BCUT2D eigenvalue weighted by molar-refractivity contribution is -0.143. The lowest BCUT2D eigenvalue weighted by atomic mass is 9.85. The van der Waals surface area contributed by atoms with Gasteiger partial charge in [0.2, 0.25) is 0 Å². The van der Waals surface area contributed by atoms with Gasteiger partial charge < -0.3 is 9.64 Å². The summed E-state index contributed by atoms with van der Waals surface area (Å²) >= 11 is 0. The van der Waals surface area contributed by atoms with Crippen molar-refractivity contribution in [2.75, 3.05) is 26.2 Å². The zero-order valence-corrected chi connectivity index (χ0v) is 12.1. The van der Waals surface area contributed by atoms with Gasteiger partial charge in [-0.05, 0) is 51.6 Å². The minimum atomic E-state index is -0.0423. The molecule has 0 saturated heterocycles. The average molecular weight is 255 g/mol. The van der Waals surface area contributed by atoms with E-state index in [1.807, 2.05) is 6.92 Å². The van der Waals surface area contributed by atoms with Gasteiger partial charge in [-0.1, -0.05) is 19.8 Å². The molecule has 0 heterocycles. The molecule has 0 spiro atoms. The van der Waals surface area contributed by atoms with Crippen molar-refractivity contribution in [1.82, 2.24) is 4.90 Å². The van der Waals surface area contributed by atoms with Crippen LogP contribution < -0.4 is 0 Å². The molecule has 1 saturated carbocycles. The topological polar surface area (TPSA) is 29.5 Å². The van der Waals surface area contributed by atoms with Gasteiger partial charge >= 0.3 is 5.97 Å². The van der Waals surface area contributed by atoms with Crippen LogP contribution in [-0.2, 0) is 9.53 Å². The van der Waals surface area contributed by atoms with Crippen LogP contribution in [0.2, 0.25) is 0 Å². The molecule has 18 heavy (non-hydrogen) atoms. The summed E-state index contributed by atoms with van der Waals surface area (Å²) in [6, 6.07) is 0. The van der Waals surface area contributed by atoms with Gasteiger partial charge in [-0.2, -0.15) is 0 Å². The Kier molecular flexibility index (Phi) is 8.06. The van der Waals surface area contributed by atoms with E-state index in [4.69, 9.17) is 4.74 Å². The van der Waals surface area contributed by atoms with E-state index in [9.17, 15) is 4.79 Å². The highest BCUT2D eigenvalue weighted by molar-refractivity contribution is 5.69. The number of ether oxygens (including phenoxy) is 1. The highest BCUT2D eigenvalue weighted by Gasteiger charge is 2.19. The molecule has 1 rings (SSSR count). The van der Waals surface area contributed by atoms with Crippen molar-refractivity contribution in [3.8, 4) is 0 Å². The fourth-order valence-corrected chi connectivity index (χ4v) is 2.43. The second kappa shape index (κ2) is 9.37. The molecule has 0 unspecified atom stereocenters. The number of rotatable bonds is 10. The zero-order chi connectivity index (χ0) is 13.2. The van der Waals surface area contributed by atoms with Crippen LogP contribution in [0.15, 0.2) is 0 Å². The Hall–Kier alpha value is -0.570. The van der Waals surface area contributed by atoms with Crippen molar-refractivity contribution in [3.63, 3.8) is 0 Å². The highest BCUT2D eigenvalue weighted by atomic mass is 16.5. The normalized spacial score (nSPS) is 15.7. The molecule has 0 N–H and O–H groups in total. The van der Waals surface area contributed by atoms with Gasteiger partial charge in [0.25, 0.3) is 0 Å². The van der Waals surface area contributed by atoms with Gasteiger partial charge in [0, 0.05) is 13.0 Å². The van der Waals surface area contributed by atoms with Crippen molar-refractivity contribution in [3.05, 3.63) is 0 Å². The van der Waals surface area contributed by atoms with Gasteiger partial charge in [0.05, 0.1) is 6.61 Å². The van der Waals surface area contributed by atoms with E-state index in [2.05, 4.69) is 11.8 Å². The summed E-state index contributed by atoms with van der Waals surface area (Å²) in [6.07, 6.45) is 8.20. The van der Waals surface area contributed by atoms with Crippen LogP contribution in [0.1, 0.15) is 58.8 Å². The van der Waals surface area contributed by atoms with Gasteiger partial charge in [0.15, 0.2) is 0 Å². The Balaban J connectivity index is 1.96. The first-order valence-electron chi connectivity index (χ1n) is 7.64. The molecule has 0 amide bonds. The maximum atomic E-state index is 11.2. The zero-order valence-electron chi connectivity index (χ0n) is 12.1. The fraction of sp³-hybridized carbons (Fsp3) is 0.933.